The van der Waals surface area contributed by atoms with Crippen molar-refractivity contribution in [1.29, 1.82) is 0 Å². The minimum atomic E-state index is -0.212. The van der Waals surface area contributed by atoms with Crippen molar-refractivity contribution in [3.05, 3.63) is 35.6 Å². The van der Waals surface area contributed by atoms with Crippen LogP contribution in [0.5, 0.6) is 0 Å². The van der Waals surface area contributed by atoms with Crippen molar-refractivity contribution < 1.29 is 4.39 Å². The van der Waals surface area contributed by atoms with E-state index in [4.69, 9.17) is 5.73 Å². The highest BCUT2D eigenvalue weighted by Crippen LogP contribution is 2.21. The molecule has 0 fully saturated rings. The summed E-state index contributed by atoms with van der Waals surface area (Å²) in [5.74, 6) is 0.179. The van der Waals surface area contributed by atoms with Gasteiger partial charge in [0, 0.05) is 6.04 Å². The molecular formula is C11H17ClFN. The van der Waals surface area contributed by atoms with Crippen molar-refractivity contribution in [3.63, 3.8) is 0 Å². The molecule has 0 heterocycles. The molecule has 0 amide bonds. The number of rotatable bonds is 3. The van der Waals surface area contributed by atoms with Crippen molar-refractivity contribution in [3.8, 4) is 0 Å². The Labute approximate surface area is 90.9 Å². The molecule has 1 unspecified atom stereocenters. The normalized spacial score (nSPS) is 14.3. The van der Waals surface area contributed by atoms with Gasteiger partial charge in [-0.1, -0.05) is 32.4 Å². The summed E-state index contributed by atoms with van der Waals surface area (Å²) in [7, 11) is 0. The molecule has 2 N–H and O–H groups in total. The van der Waals surface area contributed by atoms with Crippen LogP contribution in [-0.4, -0.2) is 0 Å². The third-order valence-electron chi connectivity index (χ3n) is 2.49. The van der Waals surface area contributed by atoms with Crippen LogP contribution in [0.25, 0.3) is 0 Å². The molecule has 0 bridgehead atoms. The van der Waals surface area contributed by atoms with Gasteiger partial charge in [0.05, 0.1) is 0 Å². The van der Waals surface area contributed by atoms with Gasteiger partial charge in [0.1, 0.15) is 5.82 Å². The van der Waals surface area contributed by atoms with Gasteiger partial charge in [-0.25, -0.2) is 4.39 Å². The van der Waals surface area contributed by atoms with E-state index in [2.05, 4.69) is 13.8 Å². The van der Waals surface area contributed by atoms with Crippen LogP contribution in [0.2, 0.25) is 0 Å². The van der Waals surface area contributed by atoms with E-state index in [1.807, 2.05) is 6.07 Å². The first-order valence-electron chi connectivity index (χ1n) is 4.66. The fourth-order valence-electron chi connectivity index (χ4n) is 1.30. The minimum absolute atomic E-state index is 0. The molecule has 0 radical (unpaired) electrons. The number of benzene rings is 1. The summed E-state index contributed by atoms with van der Waals surface area (Å²) in [5, 5.41) is 0. The van der Waals surface area contributed by atoms with Gasteiger partial charge in [0.25, 0.3) is 0 Å². The first kappa shape index (κ1) is 13.4. The molecule has 0 aromatic heterocycles. The molecule has 0 aliphatic heterocycles. The summed E-state index contributed by atoms with van der Waals surface area (Å²) in [5.41, 5.74) is 6.83. The number of hydrogen-bond acceptors (Lipinski definition) is 1. The molecule has 0 spiro atoms. The number of hydrogen-bond donors (Lipinski definition) is 1. The Kier molecular flexibility index (Phi) is 5.73. The van der Waals surface area contributed by atoms with Gasteiger partial charge in [-0.05, 0) is 23.6 Å². The van der Waals surface area contributed by atoms with E-state index >= 15 is 0 Å². The minimum Gasteiger partial charge on any atom is -0.324 e. The molecule has 2 atom stereocenters. The lowest BCUT2D eigenvalue weighted by Crippen LogP contribution is -2.18. The standard InChI is InChI=1S/C11H16FN.ClH/c1-3-8(2)11(13)9-5-4-6-10(12)7-9;/h4-8,11H,3,13H2,1-2H3;1H/t8?,11-;/m1./s1. The molecule has 0 saturated heterocycles. The fourth-order valence-corrected chi connectivity index (χ4v) is 1.30. The second-order valence-corrected chi connectivity index (χ2v) is 3.47. The van der Waals surface area contributed by atoms with Crippen LogP contribution in [0, 0.1) is 11.7 Å². The van der Waals surface area contributed by atoms with E-state index in [0.29, 0.717) is 5.92 Å². The van der Waals surface area contributed by atoms with Crippen molar-refractivity contribution in [1.82, 2.24) is 0 Å². The highest BCUT2D eigenvalue weighted by molar-refractivity contribution is 5.85. The predicted octanol–water partition coefficient (Wildman–Crippen LogP) is 3.29. The van der Waals surface area contributed by atoms with Crippen LogP contribution < -0.4 is 5.73 Å². The second-order valence-electron chi connectivity index (χ2n) is 3.47. The maximum atomic E-state index is 12.8. The summed E-state index contributed by atoms with van der Waals surface area (Å²) in [6.45, 7) is 4.17. The molecule has 1 aromatic carbocycles. The van der Waals surface area contributed by atoms with Gasteiger partial charge in [0.15, 0.2) is 0 Å². The van der Waals surface area contributed by atoms with E-state index < -0.39 is 0 Å². The Morgan fingerprint density at radius 2 is 2.07 bits per heavy atom. The van der Waals surface area contributed by atoms with Gasteiger partial charge < -0.3 is 5.73 Å². The summed E-state index contributed by atoms with van der Waals surface area (Å²) in [6, 6.07) is 6.47. The Hall–Kier alpha value is -0.600. The molecule has 0 saturated carbocycles. The Bertz CT molecular complexity index is 278. The number of nitrogens with two attached hydrogens (primary N) is 1. The maximum absolute atomic E-state index is 12.8. The van der Waals surface area contributed by atoms with Crippen molar-refractivity contribution in [2.24, 2.45) is 11.7 Å². The third kappa shape index (κ3) is 3.28. The van der Waals surface area contributed by atoms with Gasteiger partial charge in [-0.15, -0.1) is 12.4 Å². The molecule has 1 aromatic rings. The second kappa shape index (κ2) is 5.99. The first-order chi connectivity index (χ1) is 6.15. The van der Waals surface area contributed by atoms with Crippen LogP contribution >= 0.6 is 12.4 Å². The molecule has 0 aliphatic rings. The molecular weight excluding hydrogens is 201 g/mol. The van der Waals surface area contributed by atoms with Crippen molar-refractivity contribution in [2.45, 2.75) is 26.3 Å². The molecule has 1 rings (SSSR count). The van der Waals surface area contributed by atoms with Gasteiger partial charge in [0.2, 0.25) is 0 Å². The topological polar surface area (TPSA) is 26.0 Å². The third-order valence-corrected chi connectivity index (χ3v) is 2.49. The average molecular weight is 218 g/mol. The first-order valence-corrected chi connectivity index (χ1v) is 4.66. The Balaban J connectivity index is 0.00000169. The zero-order chi connectivity index (χ0) is 9.84. The van der Waals surface area contributed by atoms with E-state index in [9.17, 15) is 4.39 Å². The SMILES string of the molecule is CCC(C)[C@@H](N)c1cccc(F)c1.Cl. The highest BCUT2D eigenvalue weighted by Gasteiger charge is 2.12. The summed E-state index contributed by atoms with van der Waals surface area (Å²) < 4.78 is 12.8. The van der Waals surface area contributed by atoms with Crippen molar-refractivity contribution in [2.75, 3.05) is 0 Å². The molecule has 14 heavy (non-hydrogen) atoms. The fraction of sp³-hybridized carbons (Fsp3) is 0.455. The molecule has 80 valence electrons. The maximum Gasteiger partial charge on any atom is 0.123 e. The quantitative estimate of drug-likeness (QED) is 0.826. The summed E-state index contributed by atoms with van der Waals surface area (Å²) >= 11 is 0. The highest BCUT2D eigenvalue weighted by atomic mass is 35.5. The lowest BCUT2D eigenvalue weighted by molar-refractivity contribution is 0.455. The Morgan fingerprint density at radius 1 is 1.43 bits per heavy atom. The van der Waals surface area contributed by atoms with E-state index in [-0.39, 0.29) is 24.3 Å². The number of halogens is 2. The summed E-state index contributed by atoms with van der Waals surface area (Å²) in [4.78, 5) is 0. The molecule has 3 heteroatoms. The van der Waals surface area contributed by atoms with Gasteiger partial charge in [-0.3, -0.25) is 0 Å². The molecule has 1 nitrogen and oxygen atoms in total. The Morgan fingerprint density at radius 3 is 2.57 bits per heavy atom. The van der Waals surface area contributed by atoms with E-state index in [0.717, 1.165) is 12.0 Å². The monoisotopic (exact) mass is 217 g/mol. The largest absolute Gasteiger partial charge is 0.324 e. The zero-order valence-corrected chi connectivity index (χ0v) is 9.35. The van der Waals surface area contributed by atoms with Gasteiger partial charge >= 0.3 is 0 Å². The molecule has 0 aliphatic carbocycles. The summed E-state index contributed by atoms with van der Waals surface area (Å²) in [6.07, 6.45) is 1.01. The van der Waals surface area contributed by atoms with E-state index in [1.54, 1.807) is 6.07 Å². The van der Waals surface area contributed by atoms with Crippen LogP contribution in [-0.2, 0) is 0 Å². The van der Waals surface area contributed by atoms with Crippen LogP contribution in [0.3, 0.4) is 0 Å². The predicted molar refractivity (Wildman–Crippen MR) is 60.0 cm³/mol. The zero-order valence-electron chi connectivity index (χ0n) is 8.53. The lowest BCUT2D eigenvalue weighted by Gasteiger charge is -2.18. The van der Waals surface area contributed by atoms with Crippen LogP contribution in [0.4, 0.5) is 4.39 Å². The van der Waals surface area contributed by atoms with Crippen LogP contribution in [0.1, 0.15) is 31.9 Å². The van der Waals surface area contributed by atoms with Crippen molar-refractivity contribution >= 4 is 12.4 Å². The van der Waals surface area contributed by atoms with Crippen LogP contribution in [0.15, 0.2) is 24.3 Å². The van der Waals surface area contributed by atoms with Gasteiger partial charge in [-0.2, -0.15) is 0 Å². The smallest absolute Gasteiger partial charge is 0.123 e. The lowest BCUT2D eigenvalue weighted by atomic mass is 9.93. The van der Waals surface area contributed by atoms with E-state index in [1.165, 1.54) is 12.1 Å². The average Bonchev–Trinajstić information content (AvgIpc) is 2.15.